The van der Waals surface area contributed by atoms with Gasteiger partial charge in [-0.25, -0.2) is 9.37 Å². The van der Waals surface area contributed by atoms with Crippen LogP contribution in [0, 0.1) is 17.1 Å². The van der Waals surface area contributed by atoms with Crippen LogP contribution in [0.15, 0.2) is 30.5 Å². The Morgan fingerprint density at radius 3 is 2.30 bits per heavy atom. The number of alkyl halides is 8. The first-order valence-corrected chi connectivity index (χ1v) is 12.0. The van der Waals surface area contributed by atoms with E-state index in [1.165, 1.54) is 17.0 Å². The SMILES string of the molecule is N#Cc1nccc(N2C(=O)C3(CCC3)N(c3ccc(OCCCC(F)(F)C(F)(F)F)c(F)c3)C2=S)c1C(F)(F)F. The number of anilines is 2. The summed E-state index contributed by atoms with van der Waals surface area (Å²) in [6.07, 6.45) is -11.3. The number of ether oxygens (including phenoxy) is 1. The van der Waals surface area contributed by atoms with E-state index in [0.717, 1.165) is 24.4 Å². The Morgan fingerprint density at radius 2 is 1.77 bits per heavy atom. The van der Waals surface area contributed by atoms with Crippen molar-refractivity contribution in [3.63, 3.8) is 0 Å². The number of pyridine rings is 1. The number of hydrogen-bond acceptors (Lipinski definition) is 5. The third-order valence-corrected chi connectivity index (χ3v) is 7.00. The molecule has 0 unspecified atom stereocenters. The lowest BCUT2D eigenvalue weighted by molar-refractivity contribution is -0.284. The molecule has 214 valence electrons. The quantitative estimate of drug-likeness (QED) is 0.206. The molecule has 0 bridgehead atoms. The number of amides is 1. The van der Waals surface area contributed by atoms with Gasteiger partial charge in [0.05, 0.1) is 12.3 Å². The number of halogens is 9. The number of nitrogens with zero attached hydrogens (tertiary/aromatic N) is 4. The number of aromatic nitrogens is 1. The zero-order valence-corrected chi connectivity index (χ0v) is 20.9. The van der Waals surface area contributed by atoms with E-state index in [1.807, 2.05) is 0 Å². The molecular formula is C24H17F9N4O2S. The van der Waals surface area contributed by atoms with Crippen molar-refractivity contribution in [3.05, 3.63) is 47.5 Å². The van der Waals surface area contributed by atoms with Gasteiger partial charge in [0.25, 0.3) is 5.91 Å². The van der Waals surface area contributed by atoms with Crippen molar-refractivity contribution in [2.24, 2.45) is 0 Å². The van der Waals surface area contributed by atoms with Crippen molar-refractivity contribution in [2.45, 2.75) is 55.9 Å². The number of rotatable bonds is 7. The van der Waals surface area contributed by atoms with E-state index >= 15 is 0 Å². The number of carbonyl (C=O) groups is 1. The number of thiocarbonyl (C=S) groups is 1. The lowest BCUT2D eigenvalue weighted by Crippen LogP contribution is -2.55. The Kier molecular flexibility index (Phi) is 7.41. The maximum absolute atomic E-state index is 14.9. The molecule has 1 aromatic carbocycles. The highest BCUT2D eigenvalue weighted by atomic mass is 32.1. The van der Waals surface area contributed by atoms with Gasteiger partial charge in [-0.05, 0) is 56.1 Å². The molecule has 16 heteroatoms. The number of carbonyl (C=O) groups excluding carboxylic acids is 1. The first-order valence-electron chi connectivity index (χ1n) is 11.6. The van der Waals surface area contributed by atoms with Gasteiger partial charge in [-0.2, -0.15) is 40.4 Å². The predicted molar refractivity (Wildman–Crippen MR) is 125 cm³/mol. The van der Waals surface area contributed by atoms with Gasteiger partial charge in [-0.1, -0.05) is 0 Å². The minimum atomic E-state index is -5.73. The maximum Gasteiger partial charge on any atom is 0.453 e. The van der Waals surface area contributed by atoms with Crippen LogP contribution in [0.5, 0.6) is 5.75 Å². The van der Waals surface area contributed by atoms with E-state index < -0.39 is 82.8 Å². The second kappa shape index (κ2) is 10.1. The molecule has 1 saturated carbocycles. The molecule has 4 rings (SSSR count). The summed E-state index contributed by atoms with van der Waals surface area (Å²) in [6.45, 7) is -0.663. The summed E-state index contributed by atoms with van der Waals surface area (Å²) in [5, 5.41) is 8.77. The summed E-state index contributed by atoms with van der Waals surface area (Å²) in [6, 6.07) is 5.37. The molecule has 2 heterocycles. The van der Waals surface area contributed by atoms with Gasteiger partial charge in [-0.3, -0.25) is 9.69 Å². The Labute approximate surface area is 225 Å². The van der Waals surface area contributed by atoms with Gasteiger partial charge >= 0.3 is 18.3 Å². The number of hydrogen-bond donors (Lipinski definition) is 0. The van der Waals surface area contributed by atoms with E-state index in [-0.39, 0.29) is 18.5 Å². The summed E-state index contributed by atoms with van der Waals surface area (Å²) >= 11 is 5.38. The lowest BCUT2D eigenvalue weighted by atomic mass is 9.75. The molecule has 1 aliphatic carbocycles. The third kappa shape index (κ3) is 4.91. The van der Waals surface area contributed by atoms with Gasteiger partial charge in [0.2, 0.25) is 0 Å². The van der Waals surface area contributed by atoms with Crippen molar-refractivity contribution in [1.82, 2.24) is 4.98 Å². The number of benzene rings is 1. The van der Waals surface area contributed by atoms with Gasteiger partial charge < -0.3 is 9.64 Å². The van der Waals surface area contributed by atoms with Crippen LogP contribution in [-0.2, 0) is 11.0 Å². The predicted octanol–water partition coefficient (Wildman–Crippen LogP) is 6.53. The van der Waals surface area contributed by atoms with Crippen molar-refractivity contribution in [3.8, 4) is 11.8 Å². The fourth-order valence-electron chi connectivity index (χ4n) is 4.56. The van der Waals surface area contributed by atoms with Gasteiger partial charge in [0.1, 0.15) is 17.2 Å². The Morgan fingerprint density at radius 1 is 1.10 bits per heavy atom. The topological polar surface area (TPSA) is 69.5 Å². The highest BCUT2D eigenvalue weighted by molar-refractivity contribution is 7.81. The smallest absolute Gasteiger partial charge is 0.453 e. The monoisotopic (exact) mass is 596 g/mol. The van der Waals surface area contributed by atoms with Crippen LogP contribution in [0.25, 0.3) is 0 Å². The molecule has 2 aliphatic rings. The molecule has 1 amide bonds. The van der Waals surface area contributed by atoms with Crippen LogP contribution in [0.1, 0.15) is 43.4 Å². The second-order valence-corrected chi connectivity index (χ2v) is 9.44. The van der Waals surface area contributed by atoms with E-state index in [1.54, 1.807) is 0 Å². The molecule has 1 aliphatic heterocycles. The fraction of sp³-hybridized carbons (Fsp3) is 0.417. The first kappa shape index (κ1) is 29.4. The van der Waals surface area contributed by atoms with Crippen LogP contribution in [0.3, 0.4) is 0 Å². The van der Waals surface area contributed by atoms with Crippen LogP contribution in [0.2, 0.25) is 0 Å². The summed E-state index contributed by atoms with van der Waals surface area (Å²) in [5.74, 6) is -7.30. The highest BCUT2D eigenvalue weighted by Gasteiger charge is 2.61. The van der Waals surface area contributed by atoms with Crippen molar-refractivity contribution in [1.29, 1.82) is 5.26 Å². The average molecular weight is 596 g/mol. The minimum absolute atomic E-state index is 0.0304. The third-order valence-electron chi connectivity index (χ3n) is 6.63. The standard InChI is InChI=1S/C24H17F9N4O2S/c25-14-11-13(3-4-17(14)39-10-2-8-22(26,27)24(31,32)33)37-20(40)36(19(38)21(37)6-1-7-21)16-5-9-35-15(12-34)18(16)23(28,29)30/h3-5,9,11H,1-2,6-8,10H2. The summed E-state index contributed by atoms with van der Waals surface area (Å²) in [7, 11) is 0. The Bertz CT molecular complexity index is 1380. The molecule has 2 fully saturated rings. The normalized spacial score (nSPS) is 17.3. The summed E-state index contributed by atoms with van der Waals surface area (Å²) in [4.78, 5) is 18.8. The highest BCUT2D eigenvalue weighted by Crippen LogP contribution is 2.50. The second-order valence-electron chi connectivity index (χ2n) is 9.08. The number of nitriles is 1. The molecule has 1 aromatic heterocycles. The molecule has 1 saturated heterocycles. The van der Waals surface area contributed by atoms with Crippen LogP contribution < -0.4 is 14.5 Å². The summed E-state index contributed by atoms with van der Waals surface area (Å²) in [5.41, 5.74) is -4.59. The van der Waals surface area contributed by atoms with Gasteiger partial charge in [0, 0.05) is 24.4 Å². The molecule has 6 nitrogen and oxygen atoms in total. The molecular weight excluding hydrogens is 579 g/mol. The fourth-order valence-corrected chi connectivity index (χ4v) is 5.02. The Balaban J connectivity index is 1.61. The van der Waals surface area contributed by atoms with E-state index in [9.17, 15) is 49.6 Å². The van der Waals surface area contributed by atoms with Gasteiger partial charge in [-0.15, -0.1) is 0 Å². The molecule has 0 atom stereocenters. The minimum Gasteiger partial charge on any atom is -0.491 e. The zero-order chi connectivity index (χ0) is 29.7. The molecule has 40 heavy (non-hydrogen) atoms. The molecule has 0 N–H and O–H groups in total. The Hall–Kier alpha value is -3.61. The van der Waals surface area contributed by atoms with Crippen molar-refractivity contribution < 1.29 is 49.0 Å². The van der Waals surface area contributed by atoms with Crippen LogP contribution in [-0.4, -0.2) is 40.2 Å². The van der Waals surface area contributed by atoms with Crippen LogP contribution >= 0.6 is 12.2 Å². The largest absolute Gasteiger partial charge is 0.491 e. The molecule has 0 radical (unpaired) electrons. The molecule has 1 spiro atoms. The van der Waals surface area contributed by atoms with Crippen LogP contribution in [0.4, 0.5) is 50.9 Å². The molecule has 2 aromatic rings. The maximum atomic E-state index is 14.9. The zero-order valence-electron chi connectivity index (χ0n) is 20.0. The van der Waals surface area contributed by atoms with E-state index in [2.05, 4.69) is 4.98 Å². The van der Waals surface area contributed by atoms with Gasteiger partial charge in [0.15, 0.2) is 22.4 Å². The average Bonchev–Trinajstić information content (AvgIpc) is 3.07. The summed E-state index contributed by atoms with van der Waals surface area (Å²) < 4.78 is 125. The van der Waals surface area contributed by atoms with E-state index in [0.29, 0.717) is 11.3 Å². The van der Waals surface area contributed by atoms with Crippen molar-refractivity contribution >= 4 is 34.6 Å². The van der Waals surface area contributed by atoms with E-state index in [4.69, 9.17) is 17.0 Å². The lowest BCUT2D eigenvalue weighted by Gasteiger charge is -2.43. The first-order chi connectivity index (χ1) is 18.5. The van der Waals surface area contributed by atoms with Crippen molar-refractivity contribution in [2.75, 3.05) is 16.4 Å².